The molecular formula is C16H29N3O. The average molecular weight is 279 g/mol. The van der Waals surface area contributed by atoms with E-state index in [-0.39, 0.29) is 0 Å². The summed E-state index contributed by atoms with van der Waals surface area (Å²) in [6.45, 7) is 9.78. The molecule has 0 saturated carbocycles. The molecule has 4 nitrogen and oxygen atoms in total. The summed E-state index contributed by atoms with van der Waals surface area (Å²) < 4.78 is 1.93. The zero-order valence-corrected chi connectivity index (χ0v) is 13.4. The number of nitrogens with zero attached hydrogens (tertiary/aromatic N) is 3. The number of rotatable bonds is 5. The molecule has 1 aromatic heterocycles. The highest BCUT2D eigenvalue weighted by molar-refractivity contribution is 5.13. The molecule has 2 rings (SSSR count). The molecule has 1 saturated heterocycles. The van der Waals surface area contributed by atoms with Crippen LogP contribution in [0.5, 0.6) is 0 Å². The Morgan fingerprint density at radius 2 is 2.00 bits per heavy atom. The highest BCUT2D eigenvalue weighted by Gasteiger charge is 2.33. The van der Waals surface area contributed by atoms with Crippen LogP contribution in [0.25, 0.3) is 0 Å². The van der Waals surface area contributed by atoms with Gasteiger partial charge < -0.3 is 10.0 Å². The number of aliphatic hydroxyl groups is 1. The van der Waals surface area contributed by atoms with Crippen LogP contribution in [0.15, 0.2) is 6.07 Å². The molecule has 4 heteroatoms. The largest absolute Gasteiger partial charge is 0.389 e. The summed E-state index contributed by atoms with van der Waals surface area (Å²) in [4.78, 5) is 2.47. The molecule has 1 aliphatic heterocycles. The third-order valence-corrected chi connectivity index (χ3v) is 4.31. The van der Waals surface area contributed by atoms with Gasteiger partial charge in [-0.25, -0.2) is 0 Å². The second kappa shape index (κ2) is 6.27. The summed E-state index contributed by atoms with van der Waals surface area (Å²) >= 11 is 0. The van der Waals surface area contributed by atoms with Gasteiger partial charge in [-0.3, -0.25) is 4.68 Å². The lowest BCUT2D eigenvalue weighted by atomic mass is 9.86. The first-order valence-electron chi connectivity index (χ1n) is 7.88. The summed E-state index contributed by atoms with van der Waals surface area (Å²) in [7, 11) is 1.98. The topological polar surface area (TPSA) is 41.3 Å². The van der Waals surface area contributed by atoms with Gasteiger partial charge in [-0.15, -0.1) is 0 Å². The number of hydrogen-bond acceptors (Lipinski definition) is 3. The van der Waals surface area contributed by atoms with Gasteiger partial charge in [0.05, 0.1) is 11.3 Å². The Morgan fingerprint density at radius 1 is 1.35 bits per heavy atom. The molecule has 0 radical (unpaired) electrons. The van der Waals surface area contributed by atoms with E-state index in [0.29, 0.717) is 5.92 Å². The fourth-order valence-electron chi connectivity index (χ4n) is 3.09. The lowest BCUT2D eigenvalue weighted by Gasteiger charge is -2.38. The van der Waals surface area contributed by atoms with E-state index in [0.717, 1.165) is 56.7 Å². The molecule has 114 valence electrons. The van der Waals surface area contributed by atoms with Gasteiger partial charge in [-0.1, -0.05) is 20.8 Å². The van der Waals surface area contributed by atoms with Crippen molar-refractivity contribution >= 4 is 0 Å². The van der Waals surface area contributed by atoms with E-state index in [4.69, 9.17) is 0 Å². The molecule has 0 spiro atoms. The fourth-order valence-corrected chi connectivity index (χ4v) is 3.09. The summed E-state index contributed by atoms with van der Waals surface area (Å²) in [6.07, 6.45) is 3.42. The van der Waals surface area contributed by atoms with Crippen molar-refractivity contribution in [3.05, 3.63) is 17.5 Å². The number of aromatic nitrogens is 2. The maximum absolute atomic E-state index is 10.8. The molecule has 2 heterocycles. The molecule has 1 aromatic rings. The van der Waals surface area contributed by atoms with Crippen molar-refractivity contribution < 1.29 is 5.11 Å². The Morgan fingerprint density at radius 3 is 2.50 bits per heavy atom. The predicted molar refractivity (Wildman–Crippen MR) is 81.8 cm³/mol. The average Bonchev–Trinajstić information content (AvgIpc) is 2.73. The van der Waals surface area contributed by atoms with E-state index in [2.05, 4.69) is 36.8 Å². The number of hydrogen-bond donors (Lipinski definition) is 1. The first-order valence-corrected chi connectivity index (χ1v) is 7.88. The maximum Gasteiger partial charge on any atom is 0.0727 e. The number of likely N-dealkylation sites (tertiary alicyclic amines) is 1. The van der Waals surface area contributed by atoms with Crippen LogP contribution in [0.1, 0.15) is 45.0 Å². The predicted octanol–water partition coefficient (Wildman–Crippen LogP) is 2.01. The second-order valence-electron chi connectivity index (χ2n) is 6.70. The van der Waals surface area contributed by atoms with Crippen molar-refractivity contribution in [2.75, 3.05) is 19.6 Å². The molecule has 0 atom stereocenters. The number of aryl methyl sites for hydroxylation is 2. The quantitative estimate of drug-likeness (QED) is 0.896. The number of piperidine rings is 1. The van der Waals surface area contributed by atoms with Crippen LogP contribution in [0.3, 0.4) is 0 Å². The lowest BCUT2D eigenvalue weighted by Crippen LogP contribution is -2.46. The van der Waals surface area contributed by atoms with Crippen molar-refractivity contribution in [3.8, 4) is 0 Å². The molecule has 1 aliphatic rings. The van der Waals surface area contributed by atoms with Gasteiger partial charge in [0, 0.05) is 38.8 Å². The SMILES string of the molecule is CCc1cc(CC2(O)CCN(CC(C)C)CC2)n(C)n1. The van der Waals surface area contributed by atoms with Crippen LogP contribution in [-0.2, 0) is 19.9 Å². The van der Waals surface area contributed by atoms with Gasteiger partial charge >= 0.3 is 0 Å². The Bertz CT molecular complexity index is 431. The summed E-state index contributed by atoms with van der Waals surface area (Å²) in [5.41, 5.74) is 1.72. The third-order valence-electron chi connectivity index (χ3n) is 4.31. The van der Waals surface area contributed by atoms with Gasteiger partial charge in [-0.2, -0.15) is 5.10 Å². The van der Waals surface area contributed by atoms with Crippen LogP contribution >= 0.6 is 0 Å². The Labute approximate surface area is 122 Å². The van der Waals surface area contributed by atoms with Crippen molar-refractivity contribution in [1.82, 2.24) is 14.7 Å². The van der Waals surface area contributed by atoms with Gasteiger partial charge in [0.25, 0.3) is 0 Å². The van der Waals surface area contributed by atoms with Gasteiger partial charge in [0.1, 0.15) is 0 Å². The molecule has 0 bridgehead atoms. The lowest BCUT2D eigenvalue weighted by molar-refractivity contribution is -0.0239. The highest BCUT2D eigenvalue weighted by atomic mass is 16.3. The monoisotopic (exact) mass is 279 g/mol. The van der Waals surface area contributed by atoms with Gasteiger partial charge in [0.15, 0.2) is 0 Å². The standard InChI is InChI=1S/C16H29N3O/c1-5-14-10-15(18(4)17-14)11-16(20)6-8-19(9-7-16)12-13(2)3/h10,13,20H,5-9,11-12H2,1-4H3. The summed E-state index contributed by atoms with van der Waals surface area (Å²) in [5, 5.41) is 15.3. The zero-order chi connectivity index (χ0) is 14.8. The van der Waals surface area contributed by atoms with Gasteiger partial charge in [-0.05, 0) is 31.2 Å². The fraction of sp³-hybridized carbons (Fsp3) is 0.812. The first-order chi connectivity index (χ1) is 9.42. The van der Waals surface area contributed by atoms with E-state index in [1.165, 1.54) is 0 Å². The minimum Gasteiger partial charge on any atom is -0.389 e. The minimum atomic E-state index is -0.549. The Hall–Kier alpha value is -0.870. The van der Waals surface area contributed by atoms with Crippen LogP contribution in [-0.4, -0.2) is 45.0 Å². The smallest absolute Gasteiger partial charge is 0.0727 e. The van der Waals surface area contributed by atoms with Crippen LogP contribution in [0, 0.1) is 5.92 Å². The Balaban J connectivity index is 1.94. The van der Waals surface area contributed by atoms with Gasteiger partial charge in [0.2, 0.25) is 0 Å². The van der Waals surface area contributed by atoms with Crippen molar-refractivity contribution in [1.29, 1.82) is 0 Å². The molecule has 1 fully saturated rings. The van der Waals surface area contributed by atoms with Crippen molar-refractivity contribution in [2.24, 2.45) is 13.0 Å². The maximum atomic E-state index is 10.8. The first kappa shape index (κ1) is 15.5. The third kappa shape index (κ3) is 3.83. The normalized spacial score (nSPS) is 19.7. The van der Waals surface area contributed by atoms with Crippen molar-refractivity contribution in [3.63, 3.8) is 0 Å². The van der Waals surface area contributed by atoms with Crippen LogP contribution in [0.4, 0.5) is 0 Å². The van der Waals surface area contributed by atoms with E-state index in [1.807, 2.05) is 11.7 Å². The molecule has 0 aliphatic carbocycles. The molecule has 20 heavy (non-hydrogen) atoms. The van der Waals surface area contributed by atoms with E-state index < -0.39 is 5.60 Å². The van der Waals surface area contributed by atoms with Crippen LogP contribution in [0.2, 0.25) is 0 Å². The Kier molecular flexibility index (Phi) is 4.86. The molecule has 0 amide bonds. The summed E-state index contributed by atoms with van der Waals surface area (Å²) in [6, 6.07) is 2.14. The molecule has 0 unspecified atom stereocenters. The van der Waals surface area contributed by atoms with E-state index in [9.17, 15) is 5.11 Å². The molecular weight excluding hydrogens is 250 g/mol. The van der Waals surface area contributed by atoms with E-state index in [1.54, 1.807) is 0 Å². The molecule has 1 N–H and O–H groups in total. The van der Waals surface area contributed by atoms with Crippen molar-refractivity contribution in [2.45, 2.75) is 52.1 Å². The summed E-state index contributed by atoms with van der Waals surface area (Å²) in [5.74, 6) is 0.699. The van der Waals surface area contributed by atoms with E-state index >= 15 is 0 Å². The molecule has 0 aromatic carbocycles. The minimum absolute atomic E-state index is 0.549. The van der Waals surface area contributed by atoms with Crippen LogP contribution < -0.4 is 0 Å². The highest BCUT2D eigenvalue weighted by Crippen LogP contribution is 2.27. The second-order valence-corrected chi connectivity index (χ2v) is 6.70. The zero-order valence-electron chi connectivity index (χ0n) is 13.4.